The molecule has 1 aliphatic rings. The van der Waals surface area contributed by atoms with Crippen LogP contribution in [0.3, 0.4) is 0 Å². The van der Waals surface area contributed by atoms with Gasteiger partial charge in [-0.05, 0) is 16.7 Å². The Balaban J connectivity index is 1.91. The van der Waals surface area contributed by atoms with Gasteiger partial charge in [-0.1, -0.05) is 91.0 Å². The highest BCUT2D eigenvalue weighted by Crippen LogP contribution is 2.71. The van der Waals surface area contributed by atoms with Gasteiger partial charge in [0.15, 0.2) is 0 Å². The van der Waals surface area contributed by atoms with Gasteiger partial charge in [0.05, 0.1) is 19.1 Å². The SMILES string of the molecule is COC(=O)[C@H]1[C@H](c2ccccc2)[C@]1(c1ccccc1)[C@H](O)c1ccccc1. The van der Waals surface area contributed by atoms with Crippen molar-refractivity contribution in [1.82, 2.24) is 0 Å². The first kappa shape index (κ1) is 17.5. The van der Waals surface area contributed by atoms with Gasteiger partial charge in [0, 0.05) is 11.3 Å². The average molecular weight is 358 g/mol. The van der Waals surface area contributed by atoms with Crippen molar-refractivity contribution >= 4 is 5.97 Å². The Morgan fingerprint density at radius 3 is 1.96 bits per heavy atom. The second-order valence-corrected chi connectivity index (χ2v) is 7.00. The topological polar surface area (TPSA) is 46.5 Å². The third-order valence-electron chi connectivity index (χ3n) is 5.71. The van der Waals surface area contributed by atoms with Crippen LogP contribution in [0.4, 0.5) is 0 Å². The van der Waals surface area contributed by atoms with Crippen LogP contribution >= 0.6 is 0 Å². The molecule has 4 atom stereocenters. The van der Waals surface area contributed by atoms with Crippen LogP contribution in [-0.4, -0.2) is 18.2 Å². The molecule has 0 spiro atoms. The molecule has 0 bridgehead atoms. The van der Waals surface area contributed by atoms with Crippen molar-refractivity contribution in [2.75, 3.05) is 7.11 Å². The molecule has 0 amide bonds. The summed E-state index contributed by atoms with van der Waals surface area (Å²) in [7, 11) is 1.41. The normalized spacial score (nSPS) is 24.8. The molecule has 3 aromatic carbocycles. The minimum atomic E-state index is -0.824. The lowest BCUT2D eigenvalue weighted by Crippen LogP contribution is -2.25. The van der Waals surface area contributed by atoms with Gasteiger partial charge in [-0.3, -0.25) is 4.79 Å². The Hall–Kier alpha value is -2.91. The van der Waals surface area contributed by atoms with E-state index in [-0.39, 0.29) is 11.9 Å². The lowest BCUT2D eigenvalue weighted by atomic mass is 9.81. The van der Waals surface area contributed by atoms with Crippen molar-refractivity contribution in [3.63, 3.8) is 0 Å². The number of benzene rings is 3. The molecule has 1 N–H and O–H groups in total. The zero-order chi connectivity index (χ0) is 18.9. The quantitative estimate of drug-likeness (QED) is 0.694. The summed E-state index contributed by atoms with van der Waals surface area (Å²) in [4.78, 5) is 12.7. The van der Waals surface area contributed by atoms with Crippen LogP contribution < -0.4 is 0 Å². The molecule has 0 radical (unpaired) electrons. The van der Waals surface area contributed by atoms with E-state index in [1.165, 1.54) is 7.11 Å². The number of aliphatic hydroxyl groups excluding tert-OH is 1. The molecule has 3 aromatic rings. The van der Waals surface area contributed by atoms with Gasteiger partial charge in [-0.15, -0.1) is 0 Å². The van der Waals surface area contributed by atoms with E-state index in [0.29, 0.717) is 0 Å². The van der Waals surface area contributed by atoms with Crippen LogP contribution in [0.1, 0.15) is 28.7 Å². The highest BCUT2D eigenvalue weighted by atomic mass is 16.5. The Morgan fingerprint density at radius 1 is 0.889 bits per heavy atom. The lowest BCUT2D eigenvalue weighted by Gasteiger charge is -2.26. The fourth-order valence-corrected chi connectivity index (χ4v) is 4.49. The standard InChI is InChI=1S/C24H22O3/c1-27-23(26)21-20(17-11-5-2-6-12-17)24(21,19-15-9-4-10-16-19)22(25)18-13-7-3-8-14-18/h2-16,20-22,25H,1H3/t20-,21+,22+,24-/m0/s1. The molecular weight excluding hydrogens is 336 g/mol. The number of aliphatic hydroxyl groups is 1. The van der Waals surface area contributed by atoms with Crippen LogP contribution in [0, 0.1) is 5.92 Å². The number of hydrogen-bond donors (Lipinski definition) is 1. The Bertz CT molecular complexity index is 908. The zero-order valence-electron chi connectivity index (χ0n) is 15.2. The van der Waals surface area contributed by atoms with E-state index in [0.717, 1.165) is 16.7 Å². The van der Waals surface area contributed by atoms with E-state index < -0.39 is 17.4 Å². The first-order chi connectivity index (χ1) is 13.2. The van der Waals surface area contributed by atoms with Crippen molar-refractivity contribution in [2.45, 2.75) is 17.4 Å². The number of ether oxygens (including phenoxy) is 1. The summed E-state index contributed by atoms with van der Waals surface area (Å²) in [5.41, 5.74) is 2.03. The second kappa shape index (κ2) is 7.01. The highest BCUT2D eigenvalue weighted by molar-refractivity contribution is 5.83. The van der Waals surface area contributed by atoms with Crippen molar-refractivity contribution in [3.05, 3.63) is 108 Å². The molecule has 1 saturated carbocycles. The fourth-order valence-electron chi connectivity index (χ4n) is 4.49. The highest BCUT2D eigenvalue weighted by Gasteiger charge is 2.73. The third-order valence-corrected chi connectivity index (χ3v) is 5.71. The maximum absolute atomic E-state index is 12.7. The fraction of sp³-hybridized carbons (Fsp3) is 0.208. The van der Waals surface area contributed by atoms with Gasteiger partial charge in [0.25, 0.3) is 0 Å². The van der Waals surface area contributed by atoms with Crippen LogP contribution in [0.2, 0.25) is 0 Å². The summed E-state index contributed by atoms with van der Waals surface area (Å²) in [6.07, 6.45) is -0.824. The van der Waals surface area contributed by atoms with Gasteiger partial charge in [-0.2, -0.15) is 0 Å². The summed E-state index contributed by atoms with van der Waals surface area (Å²) in [5.74, 6) is -0.881. The van der Waals surface area contributed by atoms with Crippen molar-refractivity contribution in [3.8, 4) is 0 Å². The van der Waals surface area contributed by atoms with E-state index in [1.54, 1.807) is 0 Å². The second-order valence-electron chi connectivity index (χ2n) is 7.00. The Kier molecular flexibility index (Phi) is 4.54. The number of carbonyl (C=O) groups excluding carboxylic acids is 1. The molecule has 27 heavy (non-hydrogen) atoms. The predicted octanol–water partition coefficient (Wildman–Crippen LogP) is 4.24. The van der Waals surface area contributed by atoms with E-state index in [1.807, 2.05) is 91.0 Å². The first-order valence-corrected chi connectivity index (χ1v) is 9.12. The van der Waals surface area contributed by atoms with E-state index in [4.69, 9.17) is 4.74 Å². The minimum absolute atomic E-state index is 0.149. The molecule has 0 heterocycles. The number of methoxy groups -OCH3 is 1. The predicted molar refractivity (Wildman–Crippen MR) is 104 cm³/mol. The van der Waals surface area contributed by atoms with Crippen LogP contribution in [0.25, 0.3) is 0 Å². The largest absolute Gasteiger partial charge is 0.469 e. The average Bonchev–Trinajstić information content (AvgIpc) is 3.46. The maximum atomic E-state index is 12.7. The van der Waals surface area contributed by atoms with Gasteiger partial charge in [-0.25, -0.2) is 0 Å². The summed E-state index contributed by atoms with van der Waals surface area (Å²) in [5, 5.41) is 11.5. The first-order valence-electron chi connectivity index (χ1n) is 9.12. The monoisotopic (exact) mass is 358 g/mol. The minimum Gasteiger partial charge on any atom is -0.469 e. The molecule has 3 nitrogen and oxygen atoms in total. The van der Waals surface area contributed by atoms with Crippen molar-refractivity contribution in [2.24, 2.45) is 5.92 Å². The molecular formula is C24H22O3. The molecule has 3 heteroatoms. The molecule has 0 saturated heterocycles. The molecule has 0 aromatic heterocycles. The molecule has 0 aliphatic heterocycles. The number of rotatable bonds is 5. The lowest BCUT2D eigenvalue weighted by molar-refractivity contribution is -0.143. The van der Waals surface area contributed by atoms with E-state index in [2.05, 4.69) is 0 Å². The zero-order valence-corrected chi connectivity index (χ0v) is 15.2. The molecule has 4 rings (SSSR count). The molecule has 1 aliphatic carbocycles. The summed E-state index contributed by atoms with van der Waals surface area (Å²) >= 11 is 0. The molecule has 136 valence electrons. The van der Waals surface area contributed by atoms with Crippen LogP contribution in [0.15, 0.2) is 91.0 Å². The van der Waals surface area contributed by atoms with Gasteiger partial charge >= 0.3 is 5.97 Å². The number of carbonyl (C=O) groups is 1. The summed E-state index contributed by atoms with van der Waals surface area (Å²) < 4.78 is 5.14. The van der Waals surface area contributed by atoms with E-state index in [9.17, 15) is 9.90 Å². The summed E-state index contributed by atoms with van der Waals surface area (Å²) in [6, 6.07) is 29.3. The number of esters is 1. The van der Waals surface area contributed by atoms with Crippen LogP contribution in [0.5, 0.6) is 0 Å². The van der Waals surface area contributed by atoms with E-state index >= 15 is 0 Å². The molecule has 1 fully saturated rings. The van der Waals surface area contributed by atoms with Gasteiger partial charge in [0.1, 0.15) is 0 Å². The van der Waals surface area contributed by atoms with Gasteiger partial charge in [0.2, 0.25) is 0 Å². The summed E-state index contributed by atoms with van der Waals surface area (Å²) in [6.45, 7) is 0. The van der Waals surface area contributed by atoms with Gasteiger partial charge < -0.3 is 9.84 Å². The number of hydrogen-bond acceptors (Lipinski definition) is 3. The smallest absolute Gasteiger partial charge is 0.310 e. The molecule has 0 unspecified atom stereocenters. The maximum Gasteiger partial charge on any atom is 0.310 e. The van der Waals surface area contributed by atoms with Crippen molar-refractivity contribution in [1.29, 1.82) is 0 Å². The van der Waals surface area contributed by atoms with Crippen molar-refractivity contribution < 1.29 is 14.6 Å². The van der Waals surface area contributed by atoms with Crippen LogP contribution in [-0.2, 0) is 14.9 Å². The Morgan fingerprint density at radius 2 is 1.41 bits per heavy atom. The Labute approximate surface area is 159 Å². The third kappa shape index (κ3) is 2.75.